The van der Waals surface area contributed by atoms with Crippen LogP contribution in [0.15, 0.2) is 18.2 Å². The van der Waals surface area contributed by atoms with Gasteiger partial charge in [-0.1, -0.05) is 18.5 Å². The molecule has 0 radical (unpaired) electrons. The first-order chi connectivity index (χ1) is 7.65. The largest absolute Gasteiger partial charge is 0.323 e. The molecule has 0 unspecified atom stereocenters. The van der Waals surface area contributed by atoms with E-state index in [1.165, 1.54) is 12.1 Å². The summed E-state index contributed by atoms with van der Waals surface area (Å²) in [4.78, 5) is 4.35. The van der Waals surface area contributed by atoms with Crippen LogP contribution in [-0.2, 0) is 6.42 Å². The molecule has 0 amide bonds. The van der Waals surface area contributed by atoms with E-state index in [4.69, 9.17) is 17.4 Å². The van der Waals surface area contributed by atoms with Crippen molar-refractivity contribution >= 4 is 28.2 Å². The number of hydrogen-bond acceptors (Lipinski definition) is 3. The summed E-state index contributed by atoms with van der Waals surface area (Å²) in [5.74, 6) is 4.99. The Bertz CT molecular complexity index is 542. The molecule has 1 aromatic carbocycles. The van der Waals surface area contributed by atoms with Crippen molar-refractivity contribution in [1.82, 2.24) is 4.98 Å². The molecule has 2 rings (SSSR count). The van der Waals surface area contributed by atoms with Gasteiger partial charge in [-0.3, -0.25) is 10.8 Å². The highest BCUT2D eigenvalue weighted by Crippen LogP contribution is 2.29. The van der Waals surface area contributed by atoms with Gasteiger partial charge in [-0.25, -0.2) is 4.39 Å². The molecule has 1 heterocycles. The Labute approximate surface area is 97.4 Å². The van der Waals surface area contributed by atoms with E-state index in [0.29, 0.717) is 21.6 Å². The zero-order chi connectivity index (χ0) is 11.7. The number of aromatic nitrogens is 1. The van der Waals surface area contributed by atoms with Gasteiger partial charge in [0.2, 0.25) is 0 Å². The van der Waals surface area contributed by atoms with E-state index in [0.717, 1.165) is 12.1 Å². The second-order valence-corrected chi connectivity index (χ2v) is 3.85. The summed E-state index contributed by atoms with van der Waals surface area (Å²) in [5, 5.41) is 0.881. The standard InChI is InChI=1S/C11H11ClFN3/c1-2-7-5-10(16-14)8-3-6(13)4-9(12)11(8)15-7/h3-5H,2,14H2,1H3,(H,15,16). The topological polar surface area (TPSA) is 50.9 Å². The Hall–Kier alpha value is -1.39. The van der Waals surface area contributed by atoms with E-state index in [-0.39, 0.29) is 0 Å². The maximum atomic E-state index is 13.2. The number of nitrogens with one attached hydrogen (secondary N) is 1. The monoisotopic (exact) mass is 239 g/mol. The summed E-state index contributed by atoms with van der Waals surface area (Å²) < 4.78 is 13.2. The predicted molar refractivity (Wildman–Crippen MR) is 63.9 cm³/mol. The Kier molecular flexibility index (Phi) is 2.94. The Morgan fingerprint density at radius 1 is 1.44 bits per heavy atom. The van der Waals surface area contributed by atoms with E-state index in [1.54, 1.807) is 6.07 Å². The quantitative estimate of drug-likeness (QED) is 0.626. The molecular formula is C11H11ClFN3. The second-order valence-electron chi connectivity index (χ2n) is 3.44. The lowest BCUT2D eigenvalue weighted by Crippen LogP contribution is -2.08. The number of aryl methyl sites for hydroxylation is 1. The van der Waals surface area contributed by atoms with Gasteiger partial charge in [0.15, 0.2) is 0 Å². The highest BCUT2D eigenvalue weighted by atomic mass is 35.5. The molecule has 2 aromatic rings. The van der Waals surface area contributed by atoms with Gasteiger partial charge in [0, 0.05) is 11.1 Å². The molecule has 0 saturated heterocycles. The van der Waals surface area contributed by atoms with E-state index in [9.17, 15) is 4.39 Å². The summed E-state index contributed by atoms with van der Waals surface area (Å²) in [6, 6.07) is 4.40. The zero-order valence-corrected chi connectivity index (χ0v) is 9.48. The number of anilines is 1. The molecule has 0 bridgehead atoms. The molecule has 0 aliphatic carbocycles. The van der Waals surface area contributed by atoms with Crippen molar-refractivity contribution in [3.8, 4) is 0 Å². The van der Waals surface area contributed by atoms with E-state index < -0.39 is 5.82 Å². The first kappa shape index (κ1) is 11.1. The van der Waals surface area contributed by atoms with Crippen LogP contribution in [0.25, 0.3) is 10.9 Å². The lowest BCUT2D eigenvalue weighted by molar-refractivity contribution is 0.629. The average Bonchev–Trinajstić information content (AvgIpc) is 2.28. The van der Waals surface area contributed by atoms with Gasteiger partial charge in [-0.15, -0.1) is 0 Å². The molecule has 16 heavy (non-hydrogen) atoms. The zero-order valence-electron chi connectivity index (χ0n) is 8.72. The highest BCUT2D eigenvalue weighted by molar-refractivity contribution is 6.35. The van der Waals surface area contributed by atoms with E-state index >= 15 is 0 Å². The molecule has 5 heteroatoms. The number of benzene rings is 1. The van der Waals surface area contributed by atoms with E-state index in [1.807, 2.05) is 6.92 Å². The van der Waals surface area contributed by atoms with Gasteiger partial charge in [-0.2, -0.15) is 0 Å². The minimum Gasteiger partial charge on any atom is -0.323 e. The van der Waals surface area contributed by atoms with Gasteiger partial charge in [0.25, 0.3) is 0 Å². The van der Waals surface area contributed by atoms with Crippen LogP contribution >= 0.6 is 11.6 Å². The molecule has 84 valence electrons. The number of hydrogen-bond donors (Lipinski definition) is 2. The third kappa shape index (κ3) is 1.81. The summed E-state index contributed by atoms with van der Waals surface area (Å²) in [6.07, 6.45) is 0.762. The molecule has 0 aliphatic rings. The van der Waals surface area contributed by atoms with Crippen LogP contribution in [-0.4, -0.2) is 4.98 Å². The average molecular weight is 240 g/mol. The molecule has 0 saturated carbocycles. The van der Waals surface area contributed by atoms with Crippen LogP contribution in [0, 0.1) is 5.82 Å². The van der Waals surface area contributed by atoms with Crippen LogP contribution in [0.4, 0.5) is 10.1 Å². The van der Waals surface area contributed by atoms with Crippen LogP contribution in [0.1, 0.15) is 12.6 Å². The Morgan fingerprint density at radius 2 is 2.19 bits per heavy atom. The molecule has 0 fully saturated rings. The number of hydrazine groups is 1. The van der Waals surface area contributed by atoms with E-state index in [2.05, 4.69) is 10.4 Å². The summed E-state index contributed by atoms with van der Waals surface area (Å²) in [7, 11) is 0. The number of halogens is 2. The molecule has 0 atom stereocenters. The summed E-state index contributed by atoms with van der Waals surface area (Å²) >= 11 is 5.95. The number of pyridine rings is 1. The molecule has 0 aliphatic heterocycles. The normalized spacial score (nSPS) is 10.8. The Morgan fingerprint density at radius 3 is 2.81 bits per heavy atom. The minimum atomic E-state index is -0.403. The second kappa shape index (κ2) is 4.23. The van der Waals surface area contributed by atoms with Crippen LogP contribution in [0.2, 0.25) is 5.02 Å². The third-order valence-electron chi connectivity index (χ3n) is 2.40. The van der Waals surface area contributed by atoms with Crippen molar-refractivity contribution in [3.05, 3.63) is 34.7 Å². The fourth-order valence-corrected chi connectivity index (χ4v) is 1.85. The van der Waals surface area contributed by atoms with Crippen LogP contribution < -0.4 is 11.3 Å². The predicted octanol–water partition coefficient (Wildman–Crippen LogP) is 2.88. The SMILES string of the molecule is CCc1cc(NN)c2cc(F)cc(Cl)c2n1. The number of rotatable bonds is 2. The number of fused-ring (bicyclic) bond motifs is 1. The maximum absolute atomic E-state index is 13.2. The molecule has 1 aromatic heterocycles. The number of nitrogens with two attached hydrogens (primary N) is 1. The number of nitrogens with zero attached hydrogens (tertiary/aromatic N) is 1. The molecular weight excluding hydrogens is 229 g/mol. The van der Waals surface area contributed by atoms with Crippen molar-refractivity contribution in [2.24, 2.45) is 5.84 Å². The molecule has 3 nitrogen and oxygen atoms in total. The summed E-state index contributed by atoms with van der Waals surface area (Å²) in [5.41, 5.74) is 4.58. The van der Waals surface area contributed by atoms with Gasteiger partial charge in [0.05, 0.1) is 16.2 Å². The maximum Gasteiger partial charge on any atom is 0.125 e. The van der Waals surface area contributed by atoms with Gasteiger partial charge in [-0.05, 0) is 24.6 Å². The van der Waals surface area contributed by atoms with Crippen molar-refractivity contribution in [1.29, 1.82) is 0 Å². The molecule has 3 N–H and O–H groups in total. The Balaban J connectivity index is 2.83. The third-order valence-corrected chi connectivity index (χ3v) is 2.69. The lowest BCUT2D eigenvalue weighted by Gasteiger charge is -2.09. The van der Waals surface area contributed by atoms with Crippen molar-refractivity contribution in [3.63, 3.8) is 0 Å². The van der Waals surface area contributed by atoms with Crippen molar-refractivity contribution in [2.45, 2.75) is 13.3 Å². The minimum absolute atomic E-state index is 0.293. The van der Waals surface area contributed by atoms with Gasteiger partial charge < -0.3 is 5.43 Å². The summed E-state index contributed by atoms with van der Waals surface area (Å²) in [6.45, 7) is 1.98. The lowest BCUT2D eigenvalue weighted by atomic mass is 10.1. The van der Waals surface area contributed by atoms with Crippen molar-refractivity contribution < 1.29 is 4.39 Å². The highest BCUT2D eigenvalue weighted by Gasteiger charge is 2.09. The van der Waals surface area contributed by atoms with Crippen LogP contribution in [0.3, 0.4) is 0 Å². The number of nitrogen functional groups attached to an aromatic ring is 1. The van der Waals surface area contributed by atoms with Crippen molar-refractivity contribution in [2.75, 3.05) is 5.43 Å². The fraction of sp³-hybridized carbons (Fsp3) is 0.182. The fourth-order valence-electron chi connectivity index (χ4n) is 1.61. The van der Waals surface area contributed by atoms with Gasteiger partial charge in [0.1, 0.15) is 5.82 Å². The molecule has 0 spiro atoms. The van der Waals surface area contributed by atoms with Gasteiger partial charge >= 0.3 is 0 Å². The first-order valence-corrected chi connectivity index (χ1v) is 5.28. The first-order valence-electron chi connectivity index (χ1n) is 4.91. The smallest absolute Gasteiger partial charge is 0.125 e. The van der Waals surface area contributed by atoms with Crippen LogP contribution in [0.5, 0.6) is 0 Å².